The fourth-order valence-corrected chi connectivity index (χ4v) is 3.20. The summed E-state index contributed by atoms with van der Waals surface area (Å²) in [6.07, 6.45) is 2.12. The Balaban J connectivity index is 1.84. The predicted molar refractivity (Wildman–Crippen MR) is 87.6 cm³/mol. The summed E-state index contributed by atoms with van der Waals surface area (Å²) in [5.41, 5.74) is 2.18. The first-order valence-corrected chi connectivity index (χ1v) is 7.75. The molecule has 1 aliphatic heterocycles. The number of aliphatic hydroxyl groups excluding tert-OH is 1. The van der Waals surface area contributed by atoms with Gasteiger partial charge in [0, 0.05) is 30.9 Å². The molecule has 2 aromatic rings. The van der Waals surface area contributed by atoms with Crippen molar-refractivity contribution < 1.29 is 14.6 Å². The van der Waals surface area contributed by atoms with Crippen LogP contribution in [-0.4, -0.2) is 41.9 Å². The fraction of sp³-hybridized carbons (Fsp3) is 0.389. The third-order valence-corrected chi connectivity index (χ3v) is 4.28. The largest absolute Gasteiger partial charge is 0.497 e. The first-order valence-electron chi connectivity index (χ1n) is 7.75. The highest BCUT2D eigenvalue weighted by Gasteiger charge is 2.32. The second kappa shape index (κ2) is 6.98. The maximum Gasteiger partial charge on any atom is 0.217 e. The third kappa shape index (κ3) is 3.46. The summed E-state index contributed by atoms with van der Waals surface area (Å²) in [4.78, 5) is 6.51. The summed E-state index contributed by atoms with van der Waals surface area (Å²) in [7, 11) is 3.30. The van der Waals surface area contributed by atoms with Crippen molar-refractivity contribution in [3.8, 4) is 11.6 Å². The van der Waals surface area contributed by atoms with E-state index in [1.54, 1.807) is 20.4 Å². The van der Waals surface area contributed by atoms with Gasteiger partial charge in [0.05, 0.1) is 20.3 Å². The highest BCUT2D eigenvalue weighted by atomic mass is 16.5. The zero-order chi connectivity index (χ0) is 16.2. The van der Waals surface area contributed by atoms with Crippen LogP contribution >= 0.6 is 0 Å². The van der Waals surface area contributed by atoms with Crippen molar-refractivity contribution in [2.75, 3.05) is 20.8 Å². The lowest BCUT2D eigenvalue weighted by Crippen LogP contribution is -2.24. The molecular formula is C18H22N2O3. The van der Waals surface area contributed by atoms with Gasteiger partial charge in [0.15, 0.2) is 0 Å². The number of aliphatic hydroxyl groups is 1. The van der Waals surface area contributed by atoms with Gasteiger partial charge >= 0.3 is 0 Å². The molecule has 1 saturated heterocycles. The minimum Gasteiger partial charge on any atom is -0.497 e. The van der Waals surface area contributed by atoms with Crippen molar-refractivity contribution >= 4 is 0 Å². The number of ether oxygens (including phenoxy) is 2. The SMILES string of the molecule is COc1cccc([C@@H]2C[C@H](O)CN2Cc2cccnc2OC)c1. The molecule has 0 aliphatic carbocycles. The van der Waals surface area contributed by atoms with E-state index >= 15 is 0 Å². The van der Waals surface area contributed by atoms with Crippen LogP contribution in [0.4, 0.5) is 0 Å². The number of pyridine rings is 1. The number of β-amino-alcohol motifs (C(OH)–C–C–N with tert-alkyl or cyclic N) is 1. The minimum atomic E-state index is -0.325. The number of hydrogen-bond donors (Lipinski definition) is 1. The molecule has 5 nitrogen and oxygen atoms in total. The zero-order valence-electron chi connectivity index (χ0n) is 13.5. The molecule has 0 bridgehead atoms. The monoisotopic (exact) mass is 314 g/mol. The van der Waals surface area contributed by atoms with Gasteiger partial charge in [0.2, 0.25) is 5.88 Å². The number of rotatable bonds is 5. The molecule has 0 unspecified atom stereocenters. The van der Waals surface area contributed by atoms with Crippen LogP contribution in [0.2, 0.25) is 0 Å². The van der Waals surface area contributed by atoms with Gasteiger partial charge in [-0.05, 0) is 30.2 Å². The van der Waals surface area contributed by atoms with Crippen LogP contribution in [0.3, 0.4) is 0 Å². The average molecular weight is 314 g/mol. The Hall–Kier alpha value is -2.11. The molecule has 23 heavy (non-hydrogen) atoms. The molecule has 1 fully saturated rings. The number of methoxy groups -OCH3 is 2. The molecule has 2 heterocycles. The molecule has 1 aromatic heterocycles. The van der Waals surface area contributed by atoms with Crippen LogP contribution in [0.5, 0.6) is 11.6 Å². The highest BCUT2D eigenvalue weighted by molar-refractivity contribution is 5.32. The zero-order valence-corrected chi connectivity index (χ0v) is 13.5. The Bertz CT molecular complexity index is 662. The normalized spacial score (nSPS) is 21.3. The third-order valence-electron chi connectivity index (χ3n) is 4.28. The lowest BCUT2D eigenvalue weighted by molar-refractivity contribution is 0.172. The van der Waals surface area contributed by atoms with Gasteiger partial charge in [-0.2, -0.15) is 0 Å². The molecule has 0 saturated carbocycles. The average Bonchev–Trinajstić information content (AvgIpc) is 2.96. The number of aromatic nitrogens is 1. The highest BCUT2D eigenvalue weighted by Crippen LogP contribution is 2.35. The van der Waals surface area contributed by atoms with E-state index in [1.165, 1.54) is 0 Å². The lowest BCUT2D eigenvalue weighted by atomic mass is 10.0. The van der Waals surface area contributed by atoms with Crippen molar-refractivity contribution in [1.29, 1.82) is 0 Å². The van der Waals surface area contributed by atoms with Crippen molar-refractivity contribution in [3.05, 3.63) is 53.7 Å². The summed E-state index contributed by atoms with van der Waals surface area (Å²) in [5, 5.41) is 10.1. The van der Waals surface area contributed by atoms with Crippen molar-refractivity contribution in [1.82, 2.24) is 9.88 Å². The van der Waals surface area contributed by atoms with Gasteiger partial charge in [-0.15, -0.1) is 0 Å². The molecule has 1 aliphatic rings. The van der Waals surface area contributed by atoms with Gasteiger partial charge in [-0.3, -0.25) is 4.90 Å². The Kier molecular flexibility index (Phi) is 4.79. The van der Waals surface area contributed by atoms with E-state index in [0.717, 1.165) is 23.3 Å². The molecule has 0 amide bonds. The van der Waals surface area contributed by atoms with Crippen molar-refractivity contribution in [2.24, 2.45) is 0 Å². The maximum absolute atomic E-state index is 10.1. The number of likely N-dealkylation sites (tertiary alicyclic amines) is 1. The molecule has 3 rings (SSSR count). The van der Waals surface area contributed by atoms with Crippen LogP contribution in [0.15, 0.2) is 42.6 Å². The van der Waals surface area contributed by atoms with Gasteiger partial charge in [-0.25, -0.2) is 4.98 Å². The molecule has 5 heteroatoms. The molecule has 1 N–H and O–H groups in total. The van der Waals surface area contributed by atoms with Crippen molar-refractivity contribution in [3.63, 3.8) is 0 Å². The van der Waals surface area contributed by atoms with Crippen LogP contribution < -0.4 is 9.47 Å². The Morgan fingerprint density at radius 1 is 1.22 bits per heavy atom. The quantitative estimate of drug-likeness (QED) is 0.918. The van der Waals surface area contributed by atoms with Crippen LogP contribution in [0.25, 0.3) is 0 Å². The van der Waals surface area contributed by atoms with E-state index in [-0.39, 0.29) is 12.1 Å². The molecule has 0 radical (unpaired) electrons. The van der Waals surface area contributed by atoms with Gasteiger partial charge in [0.1, 0.15) is 5.75 Å². The second-order valence-corrected chi connectivity index (χ2v) is 5.78. The topological polar surface area (TPSA) is 54.8 Å². The summed E-state index contributed by atoms with van der Waals surface area (Å²) < 4.78 is 10.7. The van der Waals surface area contributed by atoms with E-state index in [2.05, 4.69) is 16.0 Å². The predicted octanol–water partition coefficient (Wildman–Crippen LogP) is 2.41. The Labute approximate surface area is 136 Å². The number of hydrogen-bond acceptors (Lipinski definition) is 5. The van der Waals surface area contributed by atoms with Gasteiger partial charge in [-0.1, -0.05) is 18.2 Å². The van der Waals surface area contributed by atoms with E-state index in [4.69, 9.17) is 9.47 Å². The number of benzene rings is 1. The Morgan fingerprint density at radius 2 is 2.09 bits per heavy atom. The van der Waals surface area contributed by atoms with Crippen LogP contribution in [0, 0.1) is 0 Å². The second-order valence-electron chi connectivity index (χ2n) is 5.78. The smallest absolute Gasteiger partial charge is 0.217 e. The Morgan fingerprint density at radius 3 is 2.87 bits per heavy atom. The van der Waals surface area contributed by atoms with Crippen LogP contribution in [0.1, 0.15) is 23.6 Å². The fourth-order valence-electron chi connectivity index (χ4n) is 3.20. The summed E-state index contributed by atoms with van der Waals surface area (Å²) >= 11 is 0. The first-order chi connectivity index (χ1) is 11.2. The van der Waals surface area contributed by atoms with Crippen molar-refractivity contribution in [2.45, 2.75) is 25.1 Å². The van der Waals surface area contributed by atoms with Gasteiger partial charge < -0.3 is 14.6 Å². The summed E-state index contributed by atoms with van der Waals surface area (Å²) in [6, 6.07) is 12.1. The van der Waals surface area contributed by atoms with Crippen LogP contribution in [-0.2, 0) is 6.54 Å². The van der Waals surface area contributed by atoms with E-state index in [1.807, 2.05) is 30.3 Å². The maximum atomic E-state index is 10.1. The first kappa shape index (κ1) is 15.8. The van der Waals surface area contributed by atoms with E-state index in [0.29, 0.717) is 19.0 Å². The standard InChI is InChI=1S/C18H22N2O3/c1-22-16-7-3-5-13(9-16)17-10-15(21)12-20(17)11-14-6-4-8-19-18(14)23-2/h3-9,15,17,21H,10-12H2,1-2H3/t15-,17-/m0/s1. The lowest BCUT2D eigenvalue weighted by Gasteiger charge is -2.25. The van der Waals surface area contributed by atoms with E-state index in [9.17, 15) is 5.11 Å². The molecule has 2 atom stereocenters. The number of nitrogens with zero attached hydrogens (tertiary/aromatic N) is 2. The molecule has 1 aromatic carbocycles. The van der Waals surface area contributed by atoms with Gasteiger partial charge in [0.25, 0.3) is 0 Å². The minimum absolute atomic E-state index is 0.157. The molecule has 122 valence electrons. The molecular weight excluding hydrogens is 292 g/mol. The summed E-state index contributed by atoms with van der Waals surface area (Å²) in [5.74, 6) is 1.47. The summed E-state index contributed by atoms with van der Waals surface area (Å²) in [6.45, 7) is 1.33. The molecule has 0 spiro atoms. The van der Waals surface area contributed by atoms with E-state index < -0.39 is 0 Å².